The van der Waals surface area contributed by atoms with E-state index in [0.29, 0.717) is 21.3 Å². The zero-order chi connectivity index (χ0) is 19.4. The first-order valence-electron chi connectivity index (χ1n) is 9.62. The average Bonchev–Trinajstić information content (AvgIpc) is 2.58. The van der Waals surface area contributed by atoms with Crippen LogP contribution in [0.1, 0.15) is 69.8 Å². The summed E-state index contributed by atoms with van der Waals surface area (Å²) in [5.74, 6) is -0.838. The van der Waals surface area contributed by atoms with Crippen LogP contribution in [0.4, 0.5) is 0 Å². The highest BCUT2D eigenvalue weighted by molar-refractivity contribution is 6.42. The molecule has 3 rings (SSSR count). The molecule has 0 saturated heterocycles. The molecule has 0 unspecified atom stereocenters. The van der Waals surface area contributed by atoms with Crippen LogP contribution in [0.2, 0.25) is 10.0 Å². The molecule has 1 atom stereocenters. The summed E-state index contributed by atoms with van der Waals surface area (Å²) in [4.78, 5) is 25.1. The first-order chi connectivity index (χ1) is 13.0. The lowest BCUT2D eigenvalue weighted by Gasteiger charge is -2.28. The Balaban J connectivity index is 1.84. The maximum atomic E-state index is 13.0. The van der Waals surface area contributed by atoms with Crippen LogP contribution in [0.15, 0.2) is 29.5 Å². The van der Waals surface area contributed by atoms with Gasteiger partial charge in [0.25, 0.3) is 0 Å². The van der Waals surface area contributed by atoms with Crippen molar-refractivity contribution in [2.24, 2.45) is 0 Å². The zero-order valence-corrected chi connectivity index (χ0v) is 17.0. The van der Waals surface area contributed by atoms with Gasteiger partial charge in [0.1, 0.15) is 6.10 Å². The number of halogens is 2. The number of allylic oxidation sites excluding steroid dienone is 1. The van der Waals surface area contributed by atoms with E-state index >= 15 is 0 Å². The molecule has 0 aromatic heterocycles. The third-order valence-electron chi connectivity index (χ3n) is 5.36. The molecule has 2 aliphatic rings. The average molecular weight is 410 g/mol. The monoisotopic (exact) mass is 409 g/mol. The number of amides is 1. The van der Waals surface area contributed by atoms with Crippen molar-refractivity contribution < 1.29 is 14.3 Å². The van der Waals surface area contributed by atoms with Gasteiger partial charge in [0.2, 0.25) is 5.91 Å². The van der Waals surface area contributed by atoms with Crippen LogP contribution in [-0.4, -0.2) is 18.0 Å². The van der Waals surface area contributed by atoms with E-state index in [2.05, 4.69) is 5.32 Å². The van der Waals surface area contributed by atoms with Crippen molar-refractivity contribution in [1.29, 1.82) is 0 Å². The van der Waals surface area contributed by atoms with Crippen molar-refractivity contribution in [3.05, 3.63) is 45.1 Å². The van der Waals surface area contributed by atoms with Gasteiger partial charge in [-0.05, 0) is 50.3 Å². The van der Waals surface area contributed by atoms with Crippen molar-refractivity contribution >= 4 is 35.1 Å². The summed E-state index contributed by atoms with van der Waals surface area (Å²) in [5, 5.41) is 3.63. The van der Waals surface area contributed by atoms with Crippen LogP contribution >= 0.6 is 23.2 Å². The van der Waals surface area contributed by atoms with Crippen LogP contribution in [0, 0.1) is 0 Å². The molecule has 1 N–H and O–H groups in total. The lowest BCUT2D eigenvalue weighted by Crippen LogP contribution is -2.35. The molecule has 27 heavy (non-hydrogen) atoms. The standard InChI is InChI=1S/C21H25Cl2NO3/c1-13-20(21(26)27-15-7-5-3-2-4-6-8-15)16(12-19(25)24-13)14-9-10-17(22)18(23)11-14/h9-11,15-16H,2-8,12H2,1H3,(H,24,25)/t16-/m0/s1. The van der Waals surface area contributed by atoms with Crippen molar-refractivity contribution in [3.8, 4) is 0 Å². The first kappa shape index (κ1) is 20.2. The minimum atomic E-state index is -0.380. The maximum absolute atomic E-state index is 13.0. The molecule has 1 saturated carbocycles. The third-order valence-corrected chi connectivity index (χ3v) is 6.10. The molecule has 0 radical (unpaired) electrons. The van der Waals surface area contributed by atoms with Crippen LogP contribution in [0.25, 0.3) is 0 Å². The Bertz CT molecular complexity index is 752. The van der Waals surface area contributed by atoms with E-state index in [1.807, 2.05) is 6.07 Å². The Hall–Kier alpha value is -1.52. The van der Waals surface area contributed by atoms with E-state index in [4.69, 9.17) is 27.9 Å². The number of esters is 1. The predicted octanol–water partition coefficient (Wildman–Crippen LogP) is 5.53. The van der Waals surface area contributed by atoms with Crippen LogP contribution in [0.5, 0.6) is 0 Å². The van der Waals surface area contributed by atoms with Crippen molar-refractivity contribution in [2.45, 2.75) is 70.3 Å². The van der Waals surface area contributed by atoms with Crippen molar-refractivity contribution in [2.75, 3.05) is 0 Å². The summed E-state index contributed by atoms with van der Waals surface area (Å²) in [6.07, 6.45) is 7.76. The molecule has 6 heteroatoms. The van der Waals surface area contributed by atoms with E-state index in [1.165, 1.54) is 19.3 Å². The summed E-state index contributed by atoms with van der Waals surface area (Å²) in [6.45, 7) is 1.75. The summed E-state index contributed by atoms with van der Waals surface area (Å²) in [5.41, 5.74) is 1.86. The van der Waals surface area contributed by atoms with Gasteiger partial charge < -0.3 is 10.1 Å². The zero-order valence-electron chi connectivity index (χ0n) is 15.5. The predicted molar refractivity (Wildman–Crippen MR) is 107 cm³/mol. The number of rotatable bonds is 3. The van der Waals surface area contributed by atoms with Gasteiger partial charge in [0.15, 0.2) is 0 Å². The lowest BCUT2D eigenvalue weighted by atomic mass is 9.84. The Morgan fingerprint density at radius 2 is 1.74 bits per heavy atom. The lowest BCUT2D eigenvalue weighted by molar-refractivity contribution is -0.145. The van der Waals surface area contributed by atoms with E-state index in [-0.39, 0.29) is 30.3 Å². The van der Waals surface area contributed by atoms with Gasteiger partial charge >= 0.3 is 5.97 Å². The van der Waals surface area contributed by atoms with E-state index < -0.39 is 0 Å². The third kappa shape index (κ3) is 5.05. The fourth-order valence-corrected chi connectivity index (χ4v) is 4.24. The number of benzene rings is 1. The minimum absolute atomic E-state index is 0.0508. The summed E-state index contributed by atoms with van der Waals surface area (Å²) in [7, 11) is 0. The highest BCUT2D eigenvalue weighted by Gasteiger charge is 2.34. The molecule has 4 nitrogen and oxygen atoms in total. The summed E-state index contributed by atoms with van der Waals surface area (Å²) in [6, 6.07) is 5.23. The molecule has 1 heterocycles. The Labute approximate surface area is 170 Å². The van der Waals surface area contributed by atoms with Gasteiger partial charge in [-0.2, -0.15) is 0 Å². The molecule has 1 aromatic rings. The first-order valence-corrected chi connectivity index (χ1v) is 10.4. The van der Waals surface area contributed by atoms with Crippen LogP contribution in [0.3, 0.4) is 0 Å². The van der Waals surface area contributed by atoms with Gasteiger partial charge in [-0.25, -0.2) is 4.79 Å². The largest absolute Gasteiger partial charge is 0.459 e. The minimum Gasteiger partial charge on any atom is -0.459 e. The second kappa shape index (κ2) is 9.11. The maximum Gasteiger partial charge on any atom is 0.336 e. The van der Waals surface area contributed by atoms with Crippen LogP contribution < -0.4 is 5.32 Å². The molecular weight excluding hydrogens is 385 g/mol. The molecule has 146 valence electrons. The van der Waals surface area contributed by atoms with Crippen molar-refractivity contribution in [3.63, 3.8) is 0 Å². The Kier molecular flexibility index (Phi) is 6.83. The molecule has 1 amide bonds. The molecule has 0 bridgehead atoms. The second-order valence-electron chi connectivity index (χ2n) is 7.39. The van der Waals surface area contributed by atoms with Gasteiger partial charge in [-0.3, -0.25) is 4.79 Å². The van der Waals surface area contributed by atoms with Gasteiger partial charge in [-0.1, -0.05) is 48.5 Å². The molecule has 1 aliphatic carbocycles. The summed E-state index contributed by atoms with van der Waals surface area (Å²) >= 11 is 12.2. The van der Waals surface area contributed by atoms with E-state index in [1.54, 1.807) is 19.1 Å². The summed E-state index contributed by atoms with van der Waals surface area (Å²) < 4.78 is 5.87. The highest BCUT2D eigenvalue weighted by Crippen LogP contribution is 2.36. The molecular formula is C21H25Cl2NO3. The Morgan fingerprint density at radius 3 is 2.41 bits per heavy atom. The SMILES string of the molecule is CC1=C(C(=O)OC2CCCCCCC2)[C@H](c2ccc(Cl)c(Cl)c2)CC(=O)N1. The van der Waals surface area contributed by atoms with Gasteiger partial charge in [0.05, 0.1) is 15.6 Å². The molecule has 1 aromatic carbocycles. The molecule has 1 fully saturated rings. The van der Waals surface area contributed by atoms with Gasteiger partial charge in [0, 0.05) is 18.0 Å². The number of hydrogen-bond acceptors (Lipinski definition) is 3. The quantitative estimate of drug-likeness (QED) is 0.667. The number of hydrogen-bond donors (Lipinski definition) is 1. The fourth-order valence-electron chi connectivity index (χ4n) is 3.94. The highest BCUT2D eigenvalue weighted by atomic mass is 35.5. The van der Waals surface area contributed by atoms with E-state index in [9.17, 15) is 9.59 Å². The molecule has 1 aliphatic heterocycles. The molecule has 0 spiro atoms. The second-order valence-corrected chi connectivity index (χ2v) is 8.20. The number of carbonyl (C=O) groups is 2. The normalized spacial score (nSPS) is 22.0. The van der Waals surface area contributed by atoms with Gasteiger partial charge in [-0.15, -0.1) is 0 Å². The number of ether oxygens (including phenoxy) is 1. The van der Waals surface area contributed by atoms with Crippen LogP contribution in [-0.2, 0) is 14.3 Å². The fraction of sp³-hybridized carbons (Fsp3) is 0.524. The van der Waals surface area contributed by atoms with Crippen molar-refractivity contribution in [1.82, 2.24) is 5.32 Å². The topological polar surface area (TPSA) is 55.4 Å². The number of carbonyl (C=O) groups excluding carboxylic acids is 2. The van der Waals surface area contributed by atoms with E-state index in [0.717, 1.165) is 31.2 Å². The number of nitrogens with one attached hydrogen (secondary N) is 1. The smallest absolute Gasteiger partial charge is 0.336 e. The Morgan fingerprint density at radius 1 is 1.07 bits per heavy atom.